The number of benzene rings is 2. The highest BCUT2D eigenvalue weighted by atomic mass is 32.2. The second-order valence-corrected chi connectivity index (χ2v) is 8.29. The van der Waals surface area contributed by atoms with Gasteiger partial charge in [-0.1, -0.05) is 44.2 Å². The van der Waals surface area contributed by atoms with Crippen molar-refractivity contribution in [1.82, 2.24) is 5.32 Å². The Bertz CT molecular complexity index is 744. The third kappa shape index (κ3) is 6.31. The molecule has 1 N–H and O–H groups in total. The molecule has 1 amide bonds. The minimum atomic E-state index is -0.0139. The summed E-state index contributed by atoms with van der Waals surface area (Å²) < 4.78 is 5.52. The van der Waals surface area contributed by atoms with Gasteiger partial charge < -0.3 is 10.1 Å². The molecular formula is C23H31NO2S. The standard InChI is InChI=1S/C23H31NO2S/c1-16(2)20-14-21(17(3)13-22(20)26-5)18(4)24-23(25)11-12-27-15-19-9-7-6-8-10-19/h6-10,13-14,16,18H,11-12,15H2,1-5H3,(H,24,25)/t18-/m1/s1. The summed E-state index contributed by atoms with van der Waals surface area (Å²) >= 11 is 1.79. The number of ether oxygens (including phenoxy) is 1. The fourth-order valence-corrected chi connectivity index (χ4v) is 4.03. The highest BCUT2D eigenvalue weighted by Crippen LogP contribution is 2.32. The van der Waals surface area contributed by atoms with Gasteiger partial charge in [0.1, 0.15) is 5.75 Å². The third-order valence-electron chi connectivity index (χ3n) is 4.67. The molecule has 0 unspecified atom stereocenters. The Balaban J connectivity index is 1.89. The average molecular weight is 386 g/mol. The van der Waals surface area contributed by atoms with Crippen LogP contribution in [0.25, 0.3) is 0 Å². The lowest BCUT2D eigenvalue weighted by atomic mass is 9.93. The maximum atomic E-state index is 12.3. The summed E-state index contributed by atoms with van der Waals surface area (Å²) in [4.78, 5) is 12.3. The summed E-state index contributed by atoms with van der Waals surface area (Å²) in [6, 6.07) is 14.6. The predicted octanol–water partition coefficient (Wildman–Crippen LogP) is 5.63. The number of aryl methyl sites for hydroxylation is 1. The van der Waals surface area contributed by atoms with Gasteiger partial charge in [0.25, 0.3) is 0 Å². The van der Waals surface area contributed by atoms with Crippen molar-refractivity contribution < 1.29 is 9.53 Å². The van der Waals surface area contributed by atoms with Crippen LogP contribution in [0.1, 0.15) is 61.4 Å². The fraction of sp³-hybridized carbons (Fsp3) is 0.435. The Morgan fingerprint density at radius 3 is 2.44 bits per heavy atom. The van der Waals surface area contributed by atoms with Gasteiger partial charge in [-0.2, -0.15) is 11.8 Å². The molecule has 0 saturated heterocycles. The lowest BCUT2D eigenvalue weighted by Crippen LogP contribution is -2.27. The Morgan fingerprint density at radius 2 is 1.81 bits per heavy atom. The molecule has 4 heteroatoms. The van der Waals surface area contributed by atoms with Gasteiger partial charge in [0.2, 0.25) is 5.91 Å². The molecule has 0 aliphatic rings. The number of hydrogen-bond acceptors (Lipinski definition) is 3. The quantitative estimate of drug-likeness (QED) is 0.569. The van der Waals surface area contributed by atoms with Crippen LogP contribution >= 0.6 is 11.8 Å². The van der Waals surface area contributed by atoms with Gasteiger partial charge in [0.15, 0.2) is 0 Å². The summed E-state index contributed by atoms with van der Waals surface area (Å²) in [7, 11) is 1.71. The van der Waals surface area contributed by atoms with E-state index in [0.717, 1.165) is 28.4 Å². The van der Waals surface area contributed by atoms with Crippen LogP contribution in [-0.4, -0.2) is 18.8 Å². The number of carbonyl (C=O) groups is 1. The maximum absolute atomic E-state index is 12.3. The Morgan fingerprint density at radius 1 is 1.11 bits per heavy atom. The molecule has 0 radical (unpaired) electrons. The van der Waals surface area contributed by atoms with Gasteiger partial charge >= 0.3 is 0 Å². The molecule has 1 atom stereocenters. The van der Waals surface area contributed by atoms with E-state index in [1.165, 1.54) is 11.1 Å². The van der Waals surface area contributed by atoms with Crippen molar-refractivity contribution in [3.05, 3.63) is 64.7 Å². The molecule has 0 saturated carbocycles. The summed E-state index contributed by atoms with van der Waals surface area (Å²) in [6.45, 7) is 8.43. The van der Waals surface area contributed by atoms with E-state index in [2.05, 4.69) is 50.4 Å². The van der Waals surface area contributed by atoms with E-state index in [4.69, 9.17) is 4.74 Å². The molecule has 0 spiro atoms. The van der Waals surface area contributed by atoms with Crippen LogP contribution in [-0.2, 0) is 10.5 Å². The lowest BCUT2D eigenvalue weighted by molar-refractivity contribution is -0.121. The summed E-state index contributed by atoms with van der Waals surface area (Å²) in [6.07, 6.45) is 0.536. The van der Waals surface area contributed by atoms with Gasteiger partial charge in [-0.15, -0.1) is 0 Å². The largest absolute Gasteiger partial charge is 0.496 e. The van der Waals surface area contributed by atoms with E-state index >= 15 is 0 Å². The van der Waals surface area contributed by atoms with Crippen LogP contribution in [0.2, 0.25) is 0 Å². The fourth-order valence-electron chi connectivity index (χ4n) is 3.13. The van der Waals surface area contributed by atoms with Crippen LogP contribution in [0.4, 0.5) is 0 Å². The molecule has 0 fully saturated rings. The van der Waals surface area contributed by atoms with E-state index < -0.39 is 0 Å². The van der Waals surface area contributed by atoms with Crippen molar-refractivity contribution in [2.75, 3.05) is 12.9 Å². The van der Waals surface area contributed by atoms with Gasteiger partial charge in [0.05, 0.1) is 13.2 Å². The average Bonchev–Trinajstić information content (AvgIpc) is 2.65. The second-order valence-electron chi connectivity index (χ2n) is 7.18. The predicted molar refractivity (Wildman–Crippen MR) is 116 cm³/mol. The maximum Gasteiger partial charge on any atom is 0.221 e. The molecule has 0 bridgehead atoms. The van der Waals surface area contributed by atoms with Crippen molar-refractivity contribution in [1.29, 1.82) is 0 Å². The Labute approximate surface area is 167 Å². The summed E-state index contributed by atoms with van der Waals surface area (Å²) in [5.41, 5.74) is 4.77. The zero-order chi connectivity index (χ0) is 19.8. The van der Waals surface area contributed by atoms with Crippen LogP contribution < -0.4 is 10.1 Å². The van der Waals surface area contributed by atoms with Crippen molar-refractivity contribution in [2.45, 2.75) is 51.8 Å². The van der Waals surface area contributed by atoms with Crippen molar-refractivity contribution in [3.8, 4) is 5.75 Å². The Hall–Kier alpha value is -1.94. The van der Waals surface area contributed by atoms with Crippen molar-refractivity contribution >= 4 is 17.7 Å². The topological polar surface area (TPSA) is 38.3 Å². The summed E-state index contributed by atoms with van der Waals surface area (Å²) in [5, 5.41) is 3.15. The van der Waals surface area contributed by atoms with E-state index in [-0.39, 0.29) is 11.9 Å². The zero-order valence-corrected chi connectivity index (χ0v) is 17.9. The first-order valence-corrected chi connectivity index (χ1v) is 10.7. The minimum absolute atomic E-state index is 0.0139. The molecule has 2 rings (SSSR count). The van der Waals surface area contributed by atoms with Crippen LogP contribution in [0.5, 0.6) is 5.75 Å². The van der Waals surface area contributed by atoms with E-state index in [1.807, 2.05) is 25.1 Å². The number of hydrogen-bond donors (Lipinski definition) is 1. The Kier molecular flexibility index (Phi) is 8.23. The van der Waals surface area contributed by atoms with E-state index in [0.29, 0.717) is 12.3 Å². The molecule has 27 heavy (non-hydrogen) atoms. The van der Waals surface area contributed by atoms with Gasteiger partial charge in [-0.3, -0.25) is 4.79 Å². The highest BCUT2D eigenvalue weighted by molar-refractivity contribution is 7.98. The molecular weight excluding hydrogens is 354 g/mol. The van der Waals surface area contributed by atoms with Gasteiger partial charge in [-0.25, -0.2) is 0 Å². The number of methoxy groups -OCH3 is 1. The normalized spacial score (nSPS) is 12.1. The smallest absolute Gasteiger partial charge is 0.221 e. The SMILES string of the molecule is COc1cc(C)c([C@@H](C)NC(=O)CCSCc2ccccc2)cc1C(C)C. The monoisotopic (exact) mass is 385 g/mol. The van der Waals surface area contributed by atoms with Crippen molar-refractivity contribution in [3.63, 3.8) is 0 Å². The lowest BCUT2D eigenvalue weighted by Gasteiger charge is -2.21. The first kappa shape index (κ1) is 21.4. The van der Waals surface area contributed by atoms with Crippen molar-refractivity contribution in [2.24, 2.45) is 0 Å². The van der Waals surface area contributed by atoms with Crippen LogP contribution in [0.3, 0.4) is 0 Å². The third-order valence-corrected chi connectivity index (χ3v) is 5.70. The first-order valence-electron chi connectivity index (χ1n) is 9.51. The van der Waals surface area contributed by atoms with Gasteiger partial charge in [0, 0.05) is 17.9 Å². The van der Waals surface area contributed by atoms with Gasteiger partial charge in [-0.05, 0) is 54.2 Å². The molecule has 146 valence electrons. The number of thioether (sulfide) groups is 1. The molecule has 0 aliphatic heterocycles. The number of nitrogens with one attached hydrogen (secondary N) is 1. The molecule has 0 aromatic heterocycles. The minimum Gasteiger partial charge on any atom is -0.496 e. The molecule has 2 aromatic rings. The molecule has 0 aliphatic carbocycles. The molecule has 0 heterocycles. The number of rotatable bonds is 9. The van der Waals surface area contributed by atoms with E-state index in [9.17, 15) is 4.79 Å². The zero-order valence-electron chi connectivity index (χ0n) is 17.0. The number of amides is 1. The first-order chi connectivity index (χ1) is 12.9. The second kappa shape index (κ2) is 10.4. The van der Waals surface area contributed by atoms with E-state index in [1.54, 1.807) is 18.9 Å². The van der Waals surface area contributed by atoms with Crippen LogP contribution in [0, 0.1) is 6.92 Å². The van der Waals surface area contributed by atoms with Crippen LogP contribution in [0.15, 0.2) is 42.5 Å². The molecule has 2 aromatic carbocycles. The number of carbonyl (C=O) groups excluding carboxylic acids is 1. The highest BCUT2D eigenvalue weighted by Gasteiger charge is 2.16. The summed E-state index contributed by atoms with van der Waals surface area (Å²) in [5.74, 6) is 3.16. The molecule has 3 nitrogen and oxygen atoms in total.